The van der Waals surface area contributed by atoms with Gasteiger partial charge >= 0.3 is 0 Å². The van der Waals surface area contributed by atoms with Crippen LogP contribution >= 0.6 is 0 Å². The molecule has 2 fully saturated rings. The average Bonchev–Trinajstić information content (AvgIpc) is 2.99. The molecule has 1 heterocycles. The monoisotopic (exact) mass is 309 g/mol. The fraction of sp³-hybridized carbons (Fsp3) is 0.812. The van der Waals surface area contributed by atoms with Gasteiger partial charge in [0, 0.05) is 32.0 Å². The van der Waals surface area contributed by atoms with Gasteiger partial charge in [-0.3, -0.25) is 14.4 Å². The minimum absolute atomic E-state index is 0.116. The van der Waals surface area contributed by atoms with Gasteiger partial charge in [0.25, 0.3) is 0 Å². The molecule has 1 atom stereocenters. The van der Waals surface area contributed by atoms with Crippen molar-refractivity contribution < 1.29 is 14.4 Å². The minimum Gasteiger partial charge on any atom is -0.352 e. The summed E-state index contributed by atoms with van der Waals surface area (Å²) < 4.78 is 0. The molecule has 0 spiro atoms. The normalized spacial score (nSPS) is 20.8. The van der Waals surface area contributed by atoms with E-state index in [1.165, 1.54) is 0 Å². The average molecular weight is 309 g/mol. The van der Waals surface area contributed by atoms with E-state index in [-0.39, 0.29) is 30.2 Å². The second kappa shape index (κ2) is 8.15. The molecule has 22 heavy (non-hydrogen) atoms. The molecule has 1 aliphatic carbocycles. The second-order valence-corrected chi connectivity index (χ2v) is 6.37. The molecule has 0 unspecified atom stereocenters. The van der Waals surface area contributed by atoms with Crippen LogP contribution in [0.5, 0.6) is 0 Å². The number of carbonyl (C=O) groups excluding carboxylic acids is 3. The van der Waals surface area contributed by atoms with Gasteiger partial charge in [-0.25, -0.2) is 0 Å². The minimum atomic E-state index is -0.523. The maximum atomic E-state index is 12.0. The maximum Gasteiger partial charge on any atom is 0.242 e. The van der Waals surface area contributed by atoms with Crippen LogP contribution in [0.3, 0.4) is 0 Å². The predicted molar refractivity (Wildman–Crippen MR) is 83.1 cm³/mol. The number of piperidine rings is 1. The van der Waals surface area contributed by atoms with Gasteiger partial charge in [-0.2, -0.15) is 0 Å². The Morgan fingerprint density at radius 1 is 1.23 bits per heavy atom. The highest BCUT2D eigenvalue weighted by Gasteiger charge is 2.22. The third-order valence-electron chi connectivity index (χ3n) is 4.50. The first-order valence-corrected chi connectivity index (χ1v) is 8.44. The molecule has 3 amide bonds. The molecular formula is C16H27N3O3. The fourth-order valence-electron chi connectivity index (χ4n) is 3.11. The molecule has 0 bridgehead atoms. The molecule has 0 aromatic carbocycles. The van der Waals surface area contributed by atoms with Crippen molar-refractivity contribution in [2.45, 2.75) is 70.4 Å². The van der Waals surface area contributed by atoms with Crippen LogP contribution in [0.15, 0.2) is 0 Å². The fourth-order valence-corrected chi connectivity index (χ4v) is 3.11. The topological polar surface area (TPSA) is 78.5 Å². The Morgan fingerprint density at radius 2 is 1.95 bits per heavy atom. The first-order chi connectivity index (χ1) is 10.6. The summed E-state index contributed by atoms with van der Waals surface area (Å²) in [6.45, 7) is 2.89. The second-order valence-electron chi connectivity index (χ2n) is 6.37. The summed E-state index contributed by atoms with van der Waals surface area (Å²) in [6, 6.07) is -0.261. The lowest BCUT2D eigenvalue weighted by Gasteiger charge is -2.26. The lowest BCUT2D eigenvalue weighted by atomic mass is 10.1. The summed E-state index contributed by atoms with van der Waals surface area (Å²) >= 11 is 0. The highest BCUT2D eigenvalue weighted by molar-refractivity contribution is 5.87. The zero-order valence-corrected chi connectivity index (χ0v) is 13.4. The van der Waals surface area contributed by atoms with Crippen LogP contribution in [0.2, 0.25) is 0 Å². The van der Waals surface area contributed by atoms with E-state index in [2.05, 4.69) is 10.6 Å². The van der Waals surface area contributed by atoms with Crippen LogP contribution in [0, 0.1) is 0 Å². The number of likely N-dealkylation sites (tertiary alicyclic amines) is 1. The molecule has 2 rings (SSSR count). The van der Waals surface area contributed by atoms with E-state index in [4.69, 9.17) is 0 Å². The molecule has 1 saturated heterocycles. The van der Waals surface area contributed by atoms with Gasteiger partial charge in [-0.15, -0.1) is 0 Å². The van der Waals surface area contributed by atoms with Crippen LogP contribution in [-0.4, -0.2) is 47.8 Å². The molecule has 2 N–H and O–H groups in total. The number of carbonyl (C=O) groups is 3. The molecule has 1 saturated carbocycles. The molecule has 1 aliphatic heterocycles. The van der Waals surface area contributed by atoms with Gasteiger partial charge in [-0.1, -0.05) is 12.8 Å². The van der Waals surface area contributed by atoms with E-state index < -0.39 is 6.04 Å². The van der Waals surface area contributed by atoms with Crippen LogP contribution < -0.4 is 10.6 Å². The molecule has 0 aromatic rings. The van der Waals surface area contributed by atoms with E-state index in [0.717, 1.165) is 45.1 Å². The number of hydrogen-bond acceptors (Lipinski definition) is 3. The Bertz CT molecular complexity index is 419. The largest absolute Gasteiger partial charge is 0.352 e. The highest BCUT2D eigenvalue weighted by atomic mass is 16.2. The smallest absolute Gasteiger partial charge is 0.242 e. The van der Waals surface area contributed by atoms with Gasteiger partial charge in [-0.05, 0) is 32.6 Å². The van der Waals surface area contributed by atoms with Crippen molar-refractivity contribution in [1.29, 1.82) is 0 Å². The zero-order chi connectivity index (χ0) is 15.9. The summed E-state index contributed by atoms with van der Waals surface area (Å²) in [5.74, 6) is -0.159. The first-order valence-electron chi connectivity index (χ1n) is 8.44. The van der Waals surface area contributed by atoms with Gasteiger partial charge < -0.3 is 15.5 Å². The van der Waals surface area contributed by atoms with E-state index >= 15 is 0 Å². The number of amides is 3. The summed E-state index contributed by atoms with van der Waals surface area (Å²) in [6.07, 6.45) is 7.18. The summed E-state index contributed by atoms with van der Waals surface area (Å²) in [4.78, 5) is 37.3. The van der Waals surface area contributed by atoms with Crippen molar-refractivity contribution in [1.82, 2.24) is 15.5 Å². The van der Waals surface area contributed by atoms with Crippen LogP contribution in [0.4, 0.5) is 0 Å². The zero-order valence-electron chi connectivity index (χ0n) is 13.4. The van der Waals surface area contributed by atoms with Crippen LogP contribution in [-0.2, 0) is 14.4 Å². The Morgan fingerprint density at radius 3 is 2.64 bits per heavy atom. The Hall–Kier alpha value is -1.59. The quantitative estimate of drug-likeness (QED) is 0.767. The molecule has 0 aromatic heterocycles. The SMILES string of the molecule is C[C@H](NC(=O)CCN1CCCCC1=O)C(=O)NC1CCCC1. The summed E-state index contributed by atoms with van der Waals surface area (Å²) in [5, 5.41) is 5.70. The predicted octanol–water partition coefficient (Wildman–Crippen LogP) is 0.953. The summed E-state index contributed by atoms with van der Waals surface area (Å²) in [5.41, 5.74) is 0. The van der Waals surface area contributed by atoms with Crippen molar-refractivity contribution in [2.24, 2.45) is 0 Å². The summed E-state index contributed by atoms with van der Waals surface area (Å²) in [7, 11) is 0. The Balaban J connectivity index is 1.66. The first kappa shape index (κ1) is 16.8. The van der Waals surface area contributed by atoms with Gasteiger partial charge in [0.05, 0.1) is 0 Å². The number of rotatable bonds is 6. The van der Waals surface area contributed by atoms with Crippen molar-refractivity contribution in [3.05, 3.63) is 0 Å². The third-order valence-corrected chi connectivity index (χ3v) is 4.50. The van der Waals surface area contributed by atoms with E-state index in [1.54, 1.807) is 11.8 Å². The number of hydrogen-bond donors (Lipinski definition) is 2. The Kier molecular flexibility index (Phi) is 6.21. The highest BCUT2D eigenvalue weighted by Crippen LogP contribution is 2.17. The van der Waals surface area contributed by atoms with Gasteiger partial charge in [0.2, 0.25) is 17.7 Å². The molecule has 0 radical (unpaired) electrons. The van der Waals surface area contributed by atoms with Gasteiger partial charge in [0.15, 0.2) is 0 Å². The van der Waals surface area contributed by atoms with Crippen molar-refractivity contribution in [3.63, 3.8) is 0 Å². The van der Waals surface area contributed by atoms with E-state index in [1.807, 2.05) is 0 Å². The van der Waals surface area contributed by atoms with Gasteiger partial charge in [0.1, 0.15) is 6.04 Å². The number of nitrogens with one attached hydrogen (secondary N) is 2. The maximum absolute atomic E-state index is 12.0. The van der Waals surface area contributed by atoms with Crippen molar-refractivity contribution in [3.8, 4) is 0 Å². The Labute approximate surface area is 132 Å². The van der Waals surface area contributed by atoms with E-state index in [0.29, 0.717) is 13.0 Å². The van der Waals surface area contributed by atoms with E-state index in [9.17, 15) is 14.4 Å². The van der Waals surface area contributed by atoms with Crippen LogP contribution in [0.25, 0.3) is 0 Å². The lowest BCUT2D eigenvalue weighted by Crippen LogP contribution is -2.48. The molecule has 2 aliphatic rings. The molecule has 6 heteroatoms. The molecular weight excluding hydrogens is 282 g/mol. The molecule has 6 nitrogen and oxygen atoms in total. The third kappa shape index (κ3) is 5.00. The standard InChI is InChI=1S/C16H27N3O3/c1-12(16(22)18-13-6-2-3-7-13)17-14(20)9-11-19-10-5-4-8-15(19)21/h12-13H,2-11H2,1H3,(H,17,20)(H,18,22)/t12-/m0/s1. The lowest BCUT2D eigenvalue weighted by molar-refractivity contribution is -0.134. The van der Waals surface area contributed by atoms with Crippen molar-refractivity contribution in [2.75, 3.05) is 13.1 Å². The van der Waals surface area contributed by atoms with Crippen molar-refractivity contribution >= 4 is 17.7 Å². The molecule has 124 valence electrons. The van der Waals surface area contributed by atoms with Crippen LogP contribution in [0.1, 0.15) is 58.3 Å². The number of nitrogens with zero attached hydrogens (tertiary/aromatic N) is 1.